The monoisotopic (exact) mass is 411 g/mol. The van der Waals surface area contributed by atoms with Crippen LogP contribution in [0.2, 0.25) is 0 Å². The quantitative estimate of drug-likeness (QED) is 0.399. The molecule has 10 heteroatoms. The zero-order valence-electron chi connectivity index (χ0n) is 15.6. The number of aliphatic carboxylic acids is 1. The lowest BCUT2D eigenvalue weighted by Crippen LogP contribution is -2.52. The Labute approximate surface area is 167 Å². The maximum Gasteiger partial charge on any atom is 0.408 e. The summed E-state index contributed by atoms with van der Waals surface area (Å²) in [6.45, 7) is 0.00229. The maximum atomic E-state index is 12.4. The molecule has 0 saturated heterocycles. The maximum absolute atomic E-state index is 12.4. The summed E-state index contributed by atoms with van der Waals surface area (Å²) in [6, 6.07) is 6.70. The van der Waals surface area contributed by atoms with E-state index in [-0.39, 0.29) is 25.9 Å². The van der Waals surface area contributed by atoms with Crippen LogP contribution < -0.4 is 16.4 Å². The molecule has 0 spiro atoms. The highest BCUT2D eigenvalue weighted by Gasteiger charge is 2.27. The first-order chi connectivity index (χ1) is 13.3. The third-order valence-corrected chi connectivity index (χ3v) is 4.37. The van der Waals surface area contributed by atoms with Crippen molar-refractivity contribution in [3.05, 3.63) is 35.9 Å². The number of ether oxygens (including phenoxy) is 1. The first-order valence-electron chi connectivity index (χ1n) is 8.61. The highest BCUT2D eigenvalue weighted by Crippen LogP contribution is 2.05. The first kappa shape index (κ1) is 23.3. The van der Waals surface area contributed by atoms with Crippen LogP contribution in [0.25, 0.3) is 0 Å². The second kappa shape index (κ2) is 12.6. The number of hydrogen-bond acceptors (Lipinski definition) is 6. The van der Waals surface area contributed by atoms with Crippen LogP contribution in [-0.4, -0.2) is 53.1 Å². The van der Waals surface area contributed by atoms with Crippen LogP contribution in [-0.2, 0) is 25.7 Å². The van der Waals surface area contributed by atoms with Gasteiger partial charge < -0.3 is 26.2 Å². The van der Waals surface area contributed by atoms with Crippen molar-refractivity contribution in [3.63, 3.8) is 0 Å². The molecule has 0 aliphatic carbocycles. The number of nitrogens with two attached hydrogens (primary N) is 1. The zero-order chi connectivity index (χ0) is 20.9. The van der Waals surface area contributed by atoms with Crippen molar-refractivity contribution in [1.82, 2.24) is 10.6 Å². The highest BCUT2D eigenvalue weighted by atomic mass is 32.2. The molecule has 5 N–H and O–H groups in total. The molecule has 0 saturated carbocycles. The summed E-state index contributed by atoms with van der Waals surface area (Å²) in [7, 11) is 0. The number of amides is 3. The third kappa shape index (κ3) is 9.26. The second-order valence-corrected chi connectivity index (χ2v) is 6.93. The lowest BCUT2D eigenvalue weighted by Gasteiger charge is -2.21. The SMILES string of the molecule is CSCC[C@H](NC(=O)[C@@H](CCC(N)=O)NC(=O)OCc1ccccc1)C(=O)O. The van der Waals surface area contributed by atoms with Crippen molar-refractivity contribution in [1.29, 1.82) is 0 Å². The van der Waals surface area contributed by atoms with Gasteiger partial charge in [0, 0.05) is 6.42 Å². The number of hydrogen-bond donors (Lipinski definition) is 4. The Morgan fingerprint density at radius 2 is 1.79 bits per heavy atom. The standard InChI is InChI=1S/C18H25N3O6S/c1-28-10-9-14(17(24)25)20-16(23)13(7-8-15(19)22)21-18(26)27-11-12-5-3-2-4-6-12/h2-6,13-14H,7-11H2,1H3,(H2,19,22)(H,20,23)(H,21,26)(H,24,25)/t13-,14+/m1/s1. The minimum absolute atomic E-state index is 0.00229. The Morgan fingerprint density at radius 1 is 1.11 bits per heavy atom. The van der Waals surface area contributed by atoms with Crippen molar-refractivity contribution in [2.75, 3.05) is 12.0 Å². The van der Waals surface area contributed by atoms with Gasteiger partial charge in [-0.05, 0) is 30.4 Å². The van der Waals surface area contributed by atoms with Crippen LogP contribution in [0.4, 0.5) is 4.79 Å². The van der Waals surface area contributed by atoms with Gasteiger partial charge in [0.1, 0.15) is 18.7 Å². The van der Waals surface area contributed by atoms with Crippen LogP contribution in [0.3, 0.4) is 0 Å². The molecular weight excluding hydrogens is 386 g/mol. The van der Waals surface area contributed by atoms with Gasteiger partial charge in [-0.3, -0.25) is 9.59 Å². The fourth-order valence-electron chi connectivity index (χ4n) is 2.23. The van der Waals surface area contributed by atoms with E-state index in [0.29, 0.717) is 5.75 Å². The molecule has 154 valence electrons. The van der Waals surface area contributed by atoms with Gasteiger partial charge in [0.15, 0.2) is 0 Å². The van der Waals surface area contributed by atoms with E-state index in [9.17, 15) is 24.3 Å². The predicted molar refractivity (Wildman–Crippen MR) is 105 cm³/mol. The Balaban J connectivity index is 2.68. The molecule has 2 atom stereocenters. The van der Waals surface area contributed by atoms with E-state index in [1.54, 1.807) is 24.3 Å². The summed E-state index contributed by atoms with van der Waals surface area (Å²) in [6.07, 6.45) is 0.962. The van der Waals surface area contributed by atoms with Gasteiger partial charge in [-0.15, -0.1) is 0 Å². The molecule has 0 heterocycles. The Hall–Kier alpha value is -2.75. The first-order valence-corrected chi connectivity index (χ1v) is 10.0. The molecular formula is C18H25N3O6S. The number of benzene rings is 1. The number of carboxylic acids is 1. The van der Waals surface area contributed by atoms with E-state index in [1.807, 2.05) is 12.3 Å². The lowest BCUT2D eigenvalue weighted by atomic mass is 10.1. The number of nitrogens with one attached hydrogen (secondary N) is 2. The number of thioether (sulfide) groups is 1. The Kier molecular flexibility index (Phi) is 10.5. The van der Waals surface area contributed by atoms with Crippen LogP contribution in [0.15, 0.2) is 30.3 Å². The zero-order valence-corrected chi connectivity index (χ0v) is 16.4. The smallest absolute Gasteiger partial charge is 0.408 e. The van der Waals surface area contributed by atoms with Crippen LogP contribution in [0.5, 0.6) is 0 Å². The van der Waals surface area contributed by atoms with Gasteiger partial charge in [0.05, 0.1) is 0 Å². The van der Waals surface area contributed by atoms with Crippen molar-refractivity contribution in [2.24, 2.45) is 5.73 Å². The molecule has 0 bridgehead atoms. The number of alkyl carbamates (subject to hydrolysis) is 1. The third-order valence-electron chi connectivity index (χ3n) is 3.73. The molecule has 1 rings (SSSR count). The molecule has 0 unspecified atom stereocenters. The van der Waals surface area contributed by atoms with Crippen molar-refractivity contribution in [2.45, 2.75) is 38.0 Å². The highest BCUT2D eigenvalue weighted by molar-refractivity contribution is 7.98. The van der Waals surface area contributed by atoms with E-state index < -0.39 is 36.0 Å². The van der Waals surface area contributed by atoms with Gasteiger partial charge in [0.25, 0.3) is 0 Å². The van der Waals surface area contributed by atoms with Crippen molar-refractivity contribution >= 4 is 35.6 Å². The minimum Gasteiger partial charge on any atom is -0.480 e. The van der Waals surface area contributed by atoms with E-state index in [1.165, 1.54) is 11.8 Å². The van der Waals surface area contributed by atoms with Crippen LogP contribution in [0.1, 0.15) is 24.8 Å². The number of carbonyl (C=O) groups excluding carboxylic acids is 3. The van der Waals surface area contributed by atoms with E-state index in [4.69, 9.17) is 10.5 Å². The summed E-state index contributed by atoms with van der Waals surface area (Å²) < 4.78 is 5.07. The molecule has 9 nitrogen and oxygen atoms in total. The van der Waals surface area contributed by atoms with Gasteiger partial charge in [0.2, 0.25) is 11.8 Å². The molecule has 0 aliphatic heterocycles. The van der Waals surface area contributed by atoms with Gasteiger partial charge in [-0.25, -0.2) is 9.59 Å². The van der Waals surface area contributed by atoms with E-state index in [2.05, 4.69) is 10.6 Å². The summed E-state index contributed by atoms with van der Waals surface area (Å²) in [5.41, 5.74) is 5.87. The molecule has 1 aromatic carbocycles. The lowest BCUT2D eigenvalue weighted by molar-refractivity contribution is -0.142. The summed E-state index contributed by atoms with van der Waals surface area (Å²) in [5.74, 6) is -2.00. The van der Waals surface area contributed by atoms with Gasteiger partial charge >= 0.3 is 12.1 Å². The molecule has 3 amide bonds. The summed E-state index contributed by atoms with van der Waals surface area (Å²) in [5, 5.41) is 14.0. The van der Waals surface area contributed by atoms with Gasteiger partial charge in [-0.1, -0.05) is 30.3 Å². The molecule has 1 aromatic rings. The summed E-state index contributed by atoms with van der Waals surface area (Å²) >= 11 is 1.45. The minimum atomic E-state index is -1.18. The molecule has 0 radical (unpaired) electrons. The van der Waals surface area contributed by atoms with Gasteiger partial charge in [-0.2, -0.15) is 11.8 Å². The Bertz CT molecular complexity index is 671. The number of carbonyl (C=O) groups is 4. The second-order valence-electron chi connectivity index (χ2n) is 5.94. The average molecular weight is 411 g/mol. The fourth-order valence-corrected chi connectivity index (χ4v) is 2.70. The van der Waals surface area contributed by atoms with E-state index in [0.717, 1.165) is 5.56 Å². The van der Waals surface area contributed by atoms with Crippen LogP contribution in [0, 0.1) is 0 Å². The largest absolute Gasteiger partial charge is 0.480 e. The molecule has 0 aromatic heterocycles. The molecule has 0 fully saturated rings. The fraction of sp³-hybridized carbons (Fsp3) is 0.444. The summed E-state index contributed by atoms with van der Waals surface area (Å²) in [4.78, 5) is 46.8. The van der Waals surface area contributed by atoms with Crippen LogP contribution >= 0.6 is 11.8 Å². The van der Waals surface area contributed by atoms with Crippen molar-refractivity contribution < 1.29 is 29.0 Å². The topological polar surface area (TPSA) is 148 Å². The van der Waals surface area contributed by atoms with Crippen molar-refractivity contribution in [3.8, 4) is 0 Å². The molecule has 0 aliphatic rings. The predicted octanol–water partition coefficient (Wildman–Crippen LogP) is 0.869. The average Bonchev–Trinajstić information content (AvgIpc) is 2.66. The molecule has 28 heavy (non-hydrogen) atoms. The van der Waals surface area contributed by atoms with E-state index >= 15 is 0 Å². The number of carboxylic acid groups (broad SMARTS) is 1. The number of primary amides is 1. The normalized spacial score (nSPS) is 12.5. The number of rotatable bonds is 12. The Morgan fingerprint density at radius 3 is 2.36 bits per heavy atom.